The Morgan fingerprint density at radius 3 is 3.05 bits per heavy atom. The van der Waals surface area contributed by atoms with Crippen molar-refractivity contribution in [1.82, 2.24) is 4.98 Å². The zero-order valence-electron chi connectivity index (χ0n) is 10.6. The molecule has 1 aliphatic carbocycles. The SMILES string of the molecule is O=C(OCCCc1c[nH]c2ccc(F)cc12)C1CC1. The quantitative estimate of drug-likeness (QED) is 0.663. The van der Waals surface area contributed by atoms with Crippen LogP contribution >= 0.6 is 0 Å². The molecule has 3 nitrogen and oxygen atoms in total. The molecular formula is C15H16FNO2. The highest BCUT2D eigenvalue weighted by atomic mass is 19.1. The fourth-order valence-corrected chi connectivity index (χ4v) is 2.23. The summed E-state index contributed by atoms with van der Waals surface area (Å²) in [7, 11) is 0. The number of aryl methyl sites for hydroxylation is 1. The molecule has 0 saturated heterocycles. The van der Waals surface area contributed by atoms with E-state index < -0.39 is 0 Å². The molecule has 0 amide bonds. The van der Waals surface area contributed by atoms with E-state index in [1.807, 2.05) is 6.20 Å². The number of rotatable bonds is 5. The van der Waals surface area contributed by atoms with E-state index in [1.165, 1.54) is 12.1 Å². The van der Waals surface area contributed by atoms with Crippen LogP contribution in [-0.2, 0) is 16.0 Å². The summed E-state index contributed by atoms with van der Waals surface area (Å²) in [5, 5.41) is 0.911. The average molecular weight is 261 g/mol. The highest BCUT2D eigenvalue weighted by molar-refractivity contribution is 5.83. The molecule has 3 rings (SSSR count). The minimum atomic E-state index is -0.228. The van der Waals surface area contributed by atoms with Crippen LogP contribution in [0.3, 0.4) is 0 Å². The van der Waals surface area contributed by atoms with Crippen molar-refractivity contribution in [1.29, 1.82) is 0 Å². The number of nitrogens with one attached hydrogen (secondary N) is 1. The molecule has 1 saturated carbocycles. The Balaban J connectivity index is 1.56. The number of carbonyl (C=O) groups is 1. The average Bonchev–Trinajstić information content (AvgIpc) is 3.18. The van der Waals surface area contributed by atoms with E-state index >= 15 is 0 Å². The molecule has 4 heteroatoms. The summed E-state index contributed by atoms with van der Waals surface area (Å²) in [6.07, 6.45) is 5.39. The number of fused-ring (bicyclic) bond motifs is 1. The number of ether oxygens (including phenoxy) is 1. The third-order valence-electron chi connectivity index (χ3n) is 3.47. The van der Waals surface area contributed by atoms with Crippen molar-refractivity contribution in [3.63, 3.8) is 0 Å². The summed E-state index contributed by atoms with van der Waals surface area (Å²) < 4.78 is 18.4. The molecule has 19 heavy (non-hydrogen) atoms. The van der Waals surface area contributed by atoms with Crippen LogP contribution in [0.5, 0.6) is 0 Å². The summed E-state index contributed by atoms with van der Waals surface area (Å²) in [5.74, 6) is -0.138. The maximum Gasteiger partial charge on any atom is 0.308 e. The normalized spacial score (nSPS) is 14.8. The second-order valence-electron chi connectivity index (χ2n) is 5.05. The summed E-state index contributed by atoms with van der Waals surface area (Å²) in [6.45, 7) is 0.442. The minimum Gasteiger partial charge on any atom is -0.465 e. The van der Waals surface area contributed by atoms with Crippen molar-refractivity contribution >= 4 is 16.9 Å². The topological polar surface area (TPSA) is 42.1 Å². The molecule has 1 aliphatic rings. The van der Waals surface area contributed by atoms with Crippen molar-refractivity contribution in [3.05, 3.63) is 35.8 Å². The maximum absolute atomic E-state index is 13.2. The first kappa shape index (κ1) is 12.2. The lowest BCUT2D eigenvalue weighted by Crippen LogP contribution is -2.08. The van der Waals surface area contributed by atoms with Crippen LogP contribution in [-0.4, -0.2) is 17.6 Å². The van der Waals surface area contributed by atoms with E-state index in [9.17, 15) is 9.18 Å². The van der Waals surface area contributed by atoms with Gasteiger partial charge in [0, 0.05) is 17.1 Å². The van der Waals surface area contributed by atoms with E-state index in [-0.39, 0.29) is 17.7 Å². The molecule has 1 N–H and O–H groups in total. The maximum atomic E-state index is 13.2. The van der Waals surface area contributed by atoms with Gasteiger partial charge in [0.05, 0.1) is 12.5 Å². The molecule has 0 radical (unpaired) electrons. The number of carbonyl (C=O) groups excluding carboxylic acids is 1. The van der Waals surface area contributed by atoms with Crippen molar-refractivity contribution in [2.24, 2.45) is 5.92 Å². The molecule has 1 heterocycles. The molecule has 1 aromatic carbocycles. The second-order valence-corrected chi connectivity index (χ2v) is 5.05. The van der Waals surface area contributed by atoms with Crippen LogP contribution in [0, 0.1) is 11.7 Å². The van der Waals surface area contributed by atoms with E-state index in [2.05, 4.69) is 4.98 Å². The standard InChI is InChI=1S/C15H16FNO2/c16-12-5-6-14-13(8-12)11(9-17-14)2-1-7-19-15(18)10-3-4-10/h5-6,8-10,17H,1-4,7H2. The Morgan fingerprint density at radius 2 is 2.26 bits per heavy atom. The lowest BCUT2D eigenvalue weighted by atomic mass is 10.1. The van der Waals surface area contributed by atoms with Crippen LogP contribution in [0.2, 0.25) is 0 Å². The van der Waals surface area contributed by atoms with E-state index in [1.54, 1.807) is 6.07 Å². The number of aromatic nitrogens is 1. The first-order valence-electron chi connectivity index (χ1n) is 6.66. The van der Waals surface area contributed by atoms with Gasteiger partial charge in [0.2, 0.25) is 0 Å². The van der Waals surface area contributed by atoms with Crippen molar-refractivity contribution in [3.8, 4) is 0 Å². The first-order valence-corrected chi connectivity index (χ1v) is 6.66. The minimum absolute atomic E-state index is 0.0648. The highest BCUT2D eigenvalue weighted by Gasteiger charge is 2.30. The van der Waals surface area contributed by atoms with Crippen molar-refractivity contribution in [2.75, 3.05) is 6.61 Å². The van der Waals surface area contributed by atoms with E-state index in [0.717, 1.165) is 42.1 Å². The lowest BCUT2D eigenvalue weighted by Gasteiger charge is -2.03. The Hall–Kier alpha value is -1.84. The summed E-state index contributed by atoms with van der Waals surface area (Å²) in [5.41, 5.74) is 2.00. The molecule has 0 unspecified atom stereocenters. The largest absolute Gasteiger partial charge is 0.465 e. The van der Waals surface area contributed by atoms with Gasteiger partial charge >= 0.3 is 5.97 Å². The molecule has 2 aromatic rings. The predicted molar refractivity (Wildman–Crippen MR) is 70.3 cm³/mol. The number of hydrogen-bond acceptors (Lipinski definition) is 2. The van der Waals surface area contributed by atoms with Gasteiger partial charge in [-0.2, -0.15) is 0 Å². The third kappa shape index (κ3) is 2.78. The van der Waals surface area contributed by atoms with Crippen molar-refractivity contribution in [2.45, 2.75) is 25.7 Å². The first-order chi connectivity index (χ1) is 9.24. The monoisotopic (exact) mass is 261 g/mol. The fraction of sp³-hybridized carbons (Fsp3) is 0.400. The Bertz CT molecular complexity index is 601. The number of halogens is 1. The zero-order valence-corrected chi connectivity index (χ0v) is 10.6. The van der Waals surface area contributed by atoms with Crippen LogP contribution in [0.15, 0.2) is 24.4 Å². The van der Waals surface area contributed by atoms with E-state index in [4.69, 9.17) is 4.74 Å². The molecule has 0 spiro atoms. The second kappa shape index (κ2) is 5.03. The summed E-state index contributed by atoms with van der Waals surface area (Å²) in [4.78, 5) is 14.5. The van der Waals surface area contributed by atoms with Gasteiger partial charge in [-0.15, -0.1) is 0 Å². The van der Waals surface area contributed by atoms with Gasteiger partial charge < -0.3 is 9.72 Å². The van der Waals surface area contributed by atoms with Gasteiger partial charge in [0.25, 0.3) is 0 Å². The molecule has 1 aromatic heterocycles. The highest BCUT2D eigenvalue weighted by Crippen LogP contribution is 2.30. The molecule has 0 aliphatic heterocycles. The Kier molecular flexibility index (Phi) is 3.23. The molecule has 1 fully saturated rings. The lowest BCUT2D eigenvalue weighted by molar-refractivity contribution is -0.145. The third-order valence-corrected chi connectivity index (χ3v) is 3.47. The zero-order chi connectivity index (χ0) is 13.2. The number of hydrogen-bond donors (Lipinski definition) is 1. The Labute approximate surface area is 110 Å². The van der Waals surface area contributed by atoms with Crippen LogP contribution in [0.4, 0.5) is 4.39 Å². The van der Waals surface area contributed by atoms with Crippen LogP contribution < -0.4 is 0 Å². The Morgan fingerprint density at radius 1 is 1.42 bits per heavy atom. The molecule has 0 atom stereocenters. The number of H-pyrrole nitrogens is 1. The fourth-order valence-electron chi connectivity index (χ4n) is 2.23. The summed E-state index contributed by atoms with van der Waals surface area (Å²) >= 11 is 0. The molecular weight excluding hydrogens is 245 g/mol. The number of benzene rings is 1. The summed E-state index contributed by atoms with van der Waals surface area (Å²) in [6, 6.07) is 4.72. The van der Waals surface area contributed by atoms with Crippen LogP contribution in [0.1, 0.15) is 24.8 Å². The van der Waals surface area contributed by atoms with E-state index in [0.29, 0.717) is 6.61 Å². The number of aromatic amines is 1. The van der Waals surface area contributed by atoms with Gasteiger partial charge in [-0.1, -0.05) is 0 Å². The van der Waals surface area contributed by atoms with Gasteiger partial charge in [-0.3, -0.25) is 4.79 Å². The number of esters is 1. The van der Waals surface area contributed by atoms with Gasteiger partial charge in [-0.05, 0) is 49.4 Å². The van der Waals surface area contributed by atoms with Gasteiger partial charge in [-0.25, -0.2) is 4.39 Å². The van der Waals surface area contributed by atoms with Gasteiger partial charge in [0.15, 0.2) is 0 Å². The molecule has 0 bridgehead atoms. The molecule has 100 valence electrons. The van der Waals surface area contributed by atoms with Gasteiger partial charge in [0.1, 0.15) is 5.82 Å². The van der Waals surface area contributed by atoms with Crippen molar-refractivity contribution < 1.29 is 13.9 Å². The van der Waals surface area contributed by atoms with Crippen LogP contribution in [0.25, 0.3) is 10.9 Å². The smallest absolute Gasteiger partial charge is 0.308 e. The predicted octanol–water partition coefficient (Wildman–Crippen LogP) is 3.19.